The Balaban J connectivity index is 1.47. The van der Waals surface area contributed by atoms with Crippen LogP contribution in [0.1, 0.15) is 28.9 Å². The van der Waals surface area contributed by atoms with Gasteiger partial charge in [-0.25, -0.2) is 0 Å². The van der Waals surface area contributed by atoms with Crippen LogP contribution in [0.3, 0.4) is 0 Å². The van der Waals surface area contributed by atoms with Crippen molar-refractivity contribution in [3.05, 3.63) is 35.2 Å². The molecule has 1 amide bonds. The molecule has 2 aromatic heterocycles. The molecule has 0 spiro atoms. The van der Waals surface area contributed by atoms with Gasteiger partial charge >= 0.3 is 0 Å². The molecular formula is C21H26N4O2S. The average molecular weight is 399 g/mol. The Morgan fingerprint density at radius 1 is 1.29 bits per heavy atom. The molecule has 148 valence electrons. The summed E-state index contributed by atoms with van der Waals surface area (Å²) in [4.78, 5) is 16.8. The third-order valence-corrected chi connectivity index (χ3v) is 6.41. The molecule has 0 saturated carbocycles. The molecule has 1 saturated heterocycles. The van der Waals surface area contributed by atoms with Crippen LogP contribution in [0, 0.1) is 0 Å². The van der Waals surface area contributed by atoms with E-state index in [-0.39, 0.29) is 5.91 Å². The van der Waals surface area contributed by atoms with Gasteiger partial charge in [-0.05, 0) is 57.1 Å². The Bertz CT molecular complexity index is 972. The number of carbonyl (C=O) groups excluding carboxylic acids is 1. The highest BCUT2D eigenvalue weighted by molar-refractivity contribution is 7.20. The molecule has 4 rings (SSSR count). The van der Waals surface area contributed by atoms with Crippen LogP contribution in [0.5, 0.6) is 5.75 Å². The Labute approximate surface area is 169 Å². The van der Waals surface area contributed by atoms with Gasteiger partial charge in [-0.2, -0.15) is 5.10 Å². The molecule has 1 fully saturated rings. The lowest BCUT2D eigenvalue weighted by Gasteiger charge is -2.14. The standard InChI is InChI=1S/C21H26N4O2S/c1-24-21-17(19(23-24)15-7-5-8-16(13-15)27-2)14-18(28-21)20(26)22-9-6-12-25-10-3-4-11-25/h5,7-8,13-14H,3-4,6,9-12H2,1-2H3,(H,22,26). The van der Waals surface area contributed by atoms with Crippen LogP contribution in [-0.2, 0) is 7.05 Å². The van der Waals surface area contributed by atoms with Gasteiger partial charge in [-0.15, -0.1) is 11.3 Å². The van der Waals surface area contributed by atoms with E-state index in [9.17, 15) is 4.79 Å². The molecule has 0 bridgehead atoms. The van der Waals surface area contributed by atoms with Crippen LogP contribution in [0.2, 0.25) is 0 Å². The van der Waals surface area contributed by atoms with Crippen LogP contribution in [-0.4, -0.2) is 53.9 Å². The van der Waals surface area contributed by atoms with E-state index in [1.165, 1.54) is 37.3 Å². The van der Waals surface area contributed by atoms with Crippen LogP contribution < -0.4 is 10.1 Å². The lowest BCUT2D eigenvalue weighted by molar-refractivity contribution is 0.0956. The maximum atomic E-state index is 12.6. The van der Waals surface area contributed by atoms with E-state index < -0.39 is 0 Å². The molecule has 1 aliphatic rings. The summed E-state index contributed by atoms with van der Waals surface area (Å²) < 4.78 is 7.18. The van der Waals surface area contributed by atoms with Crippen LogP contribution in [0.4, 0.5) is 0 Å². The second-order valence-electron chi connectivity index (χ2n) is 7.19. The molecule has 28 heavy (non-hydrogen) atoms. The summed E-state index contributed by atoms with van der Waals surface area (Å²) in [6.45, 7) is 4.18. The zero-order chi connectivity index (χ0) is 19.5. The fourth-order valence-electron chi connectivity index (χ4n) is 3.73. The van der Waals surface area contributed by atoms with Crippen LogP contribution in [0.15, 0.2) is 30.3 Å². The normalized spacial score (nSPS) is 14.6. The Morgan fingerprint density at radius 2 is 2.11 bits per heavy atom. The first-order chi connectivity index (χ1) is 13.7. The first-order valence-electron chi connectivity index (χ1n) is 9.77. The Hall–Kier alpha value is -2.38. The number of aryl methyl sites for hydroxylation is 1. The van der Waals surface area contributed by atoms with Crippen molar-refractivity contribution in [1.29, 1.82) is 0 Å². The lowest BCUT2D eigenvalue weighted by Crippen LogP contribution is -2.28. The molecule has 7 heteroatoms. The monoisotopic (exact) mass is 398 g/mol. The number of ether oxygens (including phenoxy) is 1. The summed E-state index contributed by atoms with van der Waals surface area (Å²) >= 11 is 1.49. The van der Waals surface area contributed by atoms with Crippen LogP contribution in [0.25, 0.3) is 21.5 Å². The predicted octanol–water partition coefficient (Wildman–Crippen LogP) is 3.53. The van der Waals surface area contributed by atoms with Gasteiger partial charge in [0, 0.05) is 24.5 Å². The number of aromatic nitrogens is 2. The maximum absolute atomic E-state index is 12.6. The quantitative estimate of drug-likeness (QED) is 0.619. The summed E-state index contributed by atoms with van der Waals surface area (Å²) in [5.74, 6) is 0.793. The molecule has 1 N–H and O–H groups in total. The third kappa shape index (κ3) is 3.91. The zero-order valence-electron chi connectivity index (χ0n) is 16.4. The van der Waals surface area contributed by atoms with E-state index in [4.69, 9.17) is 4.74 Å². The van der Waals surface area contributed by atoms with Gasteiger partial charge in [0.2, 0.25) is 0 Å². The SMILES string of the molecule is COc1cccc(-c2nn(C)c3sc(C(=O)NCCCN4CCCC4)cc23)c1. The second kappa shape index (κ2) is 8.32. The summed E-state index contributed by atoms with van der Waals surface area (Å²) in [6, 6.07) is 9.81. The molecule has 1 aliphatic heterocycles. The molecule has 0 aliphatic carbocycles. The molecule has 0 atom stereocenters. The van der Waals surface area contributed by atoms with Crippen LogP contribution >= 0.6 is 11.3 Å². The average Bonchev–Trinajstić information content (AvgIpc) is 3.44. The smallest absolute Gasteiger partial charge is 0.261 e. The summed E-state index contributed by atoms with van der Waals surface area (Å²) in [5, 5.41) is 8.72. The van der Waals surface area contributed by atoms with E-state index in [2.05, 4.69) is 15.3 Å². The first kappa shape index (κ1) is 19.0. The largest absolute Gasteiger partial charge is 0.497 e. The van der Waals surface area contributed by atoms with E-state index in [0.29, 0.717) is 6.54 Å². The summed E-state index contributed by atoms with van der Waals surface area (Å²) in [6.07, 6.45) is 3.60. The number of amides is 1. The van der Waals surface area contributed by atoms with E-state index in [1.54, 1.807) is 7.11 Å². The number of methoxy groups -OCH3 is 1. The first-order valence-corrected chi connectivity index (χ1v) is 10.6. The molecule has 0 radical (unpaired) electrons. The van der Waals surface area contributed by atoms with Crippen molar-refractivity contribution in [3.8, 4) is 17.0 Å². The van der Waals surface area contributed by atoms with Crippen molar-refractivity contribution in [2.45, 2.75) is 19.3 Å². The fourth-order valence-corrected chi connectivity index (χ4v) is 4.72. The number of hydrogen-bond acceptors (Lipinski definition) is 5. The number of nitrogens with one attached hydrogen (secondary N) is 1. The van der Waals surface area contributed by atoms with Crippen molar-refractivity contribution in [2.24, 2.45) is 7.05 Å². The second-order valence-corrected chi connectivity index (χ2v) is 8.22. The highest BCUT2D eigenvalue weighted by Crippen LogP contribution is 2.34. The Kier molecular flexibility index (Phi) is 5.64. The van der Waals surface area contributed by atoms with Gasteiger partial charge in [-0.3, -0.25) is 9.48 Å². The summed E-state index contributed by atoms with van der Waals surface area (Å²) in [7, 11) is 3.57. The number of hydrogen-bond donors (Lipinski definition) is 1. The number of likely N-dealkylation sites (tertiary alicyclic amines) is 1. The fraction of sp³-hybridized carbons (Fsp3) is 0.429. The zero-order valence-corrected chi connectivity index (χ0v) is 17.2. The van der Waals surface area contributed by atoms with Gasteiger partial charge in [0.25, 0.3) is 5.91 Å². The van der Waals surface area contributed by atoms with E-state index >= 15 is 0 Å². The number of benzene rings is 1. The molecular weight excluding hydrogens is 372 g/mol. The van der Waals surface area contributed by atoms with E-state index in [0.717, 1.165) is 45.1 Å². The molecule has 1 aromatic carbocycles. The van der Waals surface area contributed by atoms with Crippen molar-refractivity contribution in [2.75, 3.05) is 33.3 Å². The lowest BCUT2D eigenvalue weighted by atomic mass is 10.1. The molecule has 3 heterocycles. The minimum atomic E-state index is -0.000728. The number of carbonyl (C=O) groups is 1. The number of rotatable bonds is 7. The molecule has 6 nitrogen and oxygen atoms in total. The third-order valence-electron chi connectivity index (χ3n) is 5.21. The van der Waals surface area contributed by atoms with Crippen molar-refractivity contribution in [1.82, 2.24) is 20.0 Å². The highest BCUT2D eigenvalue weighted by atomic mass is 32.1. The summed E-state index contributed by atoms with van der Waals surface area (Å²) in [5.41, 5.74) is 1.86. The van der Waals surface area contributed by atoms with Gasteiger partial charge in [-0.1, -0.05) is 12.1 Å². The predicted molar refractivity (Wildman–Crippen MR) is 113 cm³/mol. The van der Waals surface area contributed by atoms with Crippen molar-refractivity contribution >= 4 is 27.5 Å². The minimum absolute atomic E-state index is 0.000728. The maximum Gasteiger partial charge on any atom is 0.261 e. The number of nitrogens with zero attached hydrogens (tertiary/aromatic N) is 3. The van der Waals surface area contributed by atoms with Gasteiger partial charge in [0.15, 0.2) is 0 Å². The highest BCUT2D eigenvalue weighted by Gasteiger charge is 2.18. The number of fused-ring (bicyclic) bond motifs is 1. The molecule has 3 aromatic rings. The van der Waals surface area contributed by atoms with Gasteiger partial charge in [0.05, 0.1) is 12.0 Å². The number of thiophene rings is 1. The van der Waals surface area contributed by atoms with Gasteiger partial charge in [0.1, 0.15) is 16.3 Å². The molecule has 0 unspecified atom stereocenters. The van der Waals surface area contributed by atoms with Gasteiger partial charge < -0.3 is 15.0 Å². The van der Waals surface area contributed by atoms with Crippen molar-refractivity contribution < 1.29 is 9.53 Å². The topological polar surface area (TPSA) is 59.4 Å². The van der Waals surface area contributed by atoms with Crippen molar-refractivity contribution in [3.63, 3.8) is 0 Å². The Morgan fingerprint density at radius 3 is 2.89 bits per heavy atom. The van der Waals surface area contributed by atoms with E-state index in [1.807, 2.05) is 42.1 Å². The minimum Gasteiger partial charge on any atom is -0.497 e.